The smallest absolute Gasteiger partial charge is 0.324 e. The van der Waals surface area contributed by atoms with E-state index in [1.165, 1.54) is 0 Å². The van der Waals surface area contributed by atoms with Gasteiger partial charge in [0.1, 0.15) is 6.04 Å². The Kier molecular flexibility index (Phi) is 5.08. The SMILES string of the molecule is CCOC(=O)[C@@H]([C@@H]1CCc2ccccc2C1=O)N1CCOCC1. The zero-order chi connectivity index (χ0) is 16.2. The Morgan fingerprint density at radius 3 is 2.83 bits per heavy atom. The van der Waals surface area contributed by atoms with E-state index in [0.717, 1.165) is 17.5 Å². The Labute approximate surface area is 136 Å². The number of morpholine rings is 1. The Morgan fingerprint density at radius 1 is 1.35 bits per heavy atom. The van der Waals surface area contributed by atoms with Crippen molar-refractivity contribution >= 4 is 11.8 Å². The van der Waals surface area contributed by atoms with Gasteiger partial charge in [-0.2, -0.15) is 0 Å². The third-order valence-electron chi connectivity index (χ3n) is 4.69. The second kappa shape index (κ2) is 7.23. The number of rotatable bonds is 4. The lowest BCUT2D eigenvalue weighted by molar-refractivity contribution is -0.153. The minimum Gasteiger partial charge on any atom is -0.465 e. The monoisotopic (exact) mass is 317 g/mol. The molecule has 0 spiro atoms. The van der Waals surface area contributed by atoms with Crippen molar-refractivity contribution in [3.05, 3.63) is 35.4 Å². The van der Waals surface area contributed by atoms with E-state index >= 15 is 0 Å². The van der Waals surface area contributed by atoms with E-state index < -0.39 is 6.04 Å². The summed E-state index contributed by atoms with van der Waals surface area (Å²) in [7, 11) is 0. The average molecular weight is 317 g/mol. The number of aryl methyl sites for hydroxylation is 1. The fourth-order valence-corrected chi connectivity index (χ4v) is 3.57. The molecule has 2 aliphatic rings. The summed E-state index contributed by atoms with van der Waals surface area (Å²) >= 11 is 0. The molecule has 1 aromatic carbocycles. The first-order chi connectivity index (χ1) is 11.2. The van der Waals surface area contributed by atoms with E-state index in [1.54, 1.807) is 6.92 Å². The van der Waals surface area contributed by atoms with Crippen LogP contribution in [0, 0.1) is 5.92 Å². The summed E-state index contributed by atoms with van der Waals surface area (Å²) in [6, 6.07) is 7.20. The van der Waals surface area contributed by atoms with Crippen LogP contribution in [0.3, 0.4) is 0 Å². The quantitative estimate of drug-likeness (QED) is 0.791. The number of ether oxygens (including phenoxy) is 2. The lowest BCUT2D eigenvalue weighted by Crippen LogP contribution is -2.54. The van der Waals surface area contributed by atoms with Crippen LogP contribution in [0.25, 0.3) is 0 Å². The third-order valence-corrected chi connectivity index (χ3v) is 4.69. The Morgan fingerprint density at radius 2 is 2.09 bits per heavy atom. The largest absolute Gasteiger partial charge is 0.465 e. The molecule has 0 radical (unpaired) electrons. The minimum absolute atomic E-state index is 0.0661. The number of carbonyl (C=O) groups is 2. The van der Waals surface area contributed by atoms with Gasteiger partial charge in [-0.25, -0.2) is 0 Å². The van der Waals surface area contributed by atoms with Crippen molar-refractivity contribution in [1.29, 1.82) is 0 Å². The summed E-state index contributed by atoms with van der Waals surface area (Å²) in [4.78, 5) is 27.5. The molecule has 1 aromatic rings. The van der Waals surface area contributed by atoms with Gasteiger partial charge >= 0.3 is 5.97 Å². The van der Waals surface area contributed by atoms with E-state index in [2.05, 4.69) is 4.90 Å². The standard InChI is InChI=1S/C18H23NO4/c1-2-23-18(21)16(19-9-11-22-12-10-19)15-8-7-13-5-3-4-6-14(13)17(15)20/h3-6,15-16H,2,7-12H2,1H3/t15-,16+/m0/s1. The number of hydrogen-bond acceptors (Lipinski definition) is 5. The van der Waals surface area contributed by atoms with Gasteiger partial charge in [0.2, 0.25) is 0 Å². The molecule has 0 unspecified atom stereocenters. The Balaban J connectivity index is 1.87. The van der Waals surface area contributed by atoms with Crippen LogP contribution >= 0.6 is 0 Å². The van der Waals surface area contributed by atoms with Gasteiger partial charge in [-0.1, -0.05) is 24.3 Å². The number of esters is 1. The number of ketones is 1. The van der Waals surface area contributed by atoms with Crippen LogP contribution in [0.5, 0.6) is 0 Å². The van der Waals surface area contributed by atoms with Crippen molar-refractivity contribution in [2.75, 3.05) is 32.9 Å². The van der Waals surface area contributed by atoms with Crippen molar-refractivity contribution in [2.45, 2.75) is 25.8 Å². The Bertz CT molecular complexity index is 580. The lowest BCUT2D eigenvalue weighted by Gasteiger charge is -2.38. The molecule has 23 heavy (non-hydrogen) atoms. The van der Waals surface area contributed by atoms with Crippen molar-refractivity contribution in [2.24, 2.45) is 5.92 Å². The molecular weight excluding hydrogens is 294 g/mol. The molecule has 0 saturated carbocycles. The van der Waals surface area contributed by atoms with Crippen LogP contribution in [0.15, 0.2) is 24.3 Å². The number of benzene rings is 1. The zero-order valence-electron chi connectivity index (χ0n) is 13.5. The van der Waals surface area contributed by atoms with E-state index in [9.17, 15) is 9.59 Å². The van der Waals surface area contributed by atoms with Gasteiger partial charge in [0, 0.05) is 24.6 Å². The highest BCUT2D eigenvalue weighted by atomic mass is 16.5. The zero-order valence-corrected chi connectivity index (χ0v) is 13.5. The highest BCUT2D eigenvalue weighted by Gasteiger charge is 2.41. The fraction of sp³-hybridized carbons (Fsp3) is 0.556. The molecule has 5 heteroatoms. The van der Waals surface area contributed by atoms with Crippen LogP contribution in [-0.2, 0) is 20.7 Å². The first kappa shape index (κ1) is 16.1. The molecule has 2 atom stereocenters. The Hall–Kier alpha value is -1.72. The number of carbonyl (C=O) groups excluding carboxylic acids is 2. The summed E-state index contributed by atoms with van der Waals surface area (Å²) in [6.07, 6.45) is 1.52. The maximum Gasteiger partial charge on any atom is 0.324 e. The number of Topliss-reactive ketones (excluding diaryl/α,β-unsaturated/α-hetero) is 1. The molecule has 1 saturated heterocycles. The molecule has 0 aromatic heterocycles. The summed E-state index contributed by atoms with van der Waals surface area (Å²) in [6.45, 7) is 4.63. The van der Waals surface area contributed by atoms with Crippen LogP contribution in [0.4, 0.5) is 0 Å². The lowest BCUT2D eigenvalue weighted by atomic mass is 9.78. The van der Waals surface area contributed by atoms with Gasteiger partial charge in [0.25, 0.3) is 0 Å². The van der Waals surface area contributed by atoms with Gasteiger partial charge in [0.15, 0.2) is 5.78 Å². The normalized spacial score (nSPS) is 23.2. The first-order valence-electron chi connectivity index (χ1n) is 8.33. The second-order valence-electron chi connectivity index (χ2n) is 6.01. The molecular formula is C18H23NO4. The van der Waals surface area contributed by atoms with Crippen LogP contribution in [-0.4, -0.2) is 55.6 Å². The van der Waals surface area contributed by atoms with Crippen LogP contribution in [0.2, 0.25) is 0 Å². The molecule has 0 N–H and O–H groups in total. The highest BCUT2D eigenvalue weighted by molar-refractivity contribution is 6.02. The fourth-order valence-electron chi connectivity index (χ4n) is 3.57. The molecule has 0 bridgehead atoms. The number of fused-ring (bicyclic) bond motifs is 1. The number of nitrogens with zero attached hydrogens (tertiary/aromatic N) is 1. The highest BCUT2D eigenvalue weighted by Crippen LogP contribution is 2.30. The van der Waals surface area contributed by atoms with Gasteiger partial charge < -0.3 is 9.47 Å². The molecule has 3 rings (SSSR count). The van der Waals surface area contributed by atoms with Crippen LogP contribution in [0.1, 0.15) is 29.3 Å². The van der Waals surface area contributed by atoms with Crippen molar-refractivity contribution in [3.63, 3.8) is 0 Å². The van der Waals surface area contributed by atoms with Gasteiger partial charge in [-0.05, 0) is 25.3 Å². The maximum atomic E-state index is 12.9. The van der Waals surface area contributed by atoms with Crippen molar-refractivity contribution in [1.82, 2.24) is 4.90 Å². The second-order valence-corrected chi connectivity index (χ2v) is 6.01. The number of hydrogen-bond donors (Lipinski definition) is 0. The third kappa shape index (κ3) is 3.31. The van der Waals surface area contributed by atoms with Crippen molar-refractivity contribution < 1.29 is 19.1 Å². The predicted octanol–water partition coefficient (Wildman–Crippen LogP) is 1.70. The topological polar surface area (TPSA) is 55.8 Å². The molecule has 1 aliphatic carbocycles. The van der Waals surface area contributed by atoms with Gasteiger partial charge in [0.05, 0.1) is 19.8 Å². The molecule has 1 heterocycles. The minimum atomic E-state index is -0.500. The van der Waals surface area contributed by atoms with Gasteiger partial charge in [-0.3, -0.25) is 14.5 Å². The van der Waals surface area contributed by atoms with E-state index in [0.29, 0.717) is 39.3 Å². The summed E-state index contributed by atoms with van der Waals surface area (Å²) in [5, 5.41) is 0. The van der Waals surface area contributed by atoms with Crippen molar-refractivity contribution in [3.8, 4) is 0 Å². The molecule has 0 amide bonds. The van der Waals surface area contributed by atoms with Crippen LogP contribution < -0.4 is 0 Å². The van der Waals surface area contributed by atoms with Gasteiger partial charge in [-0.15, -0.1) is 0 Å². The summed E-state index contributed by atoms with van der Waals surface area (Å²) < 4.78 is 10.7. The van der Waals surface area contributed by atoms with E-state index in [-0.39, 0.29) is 17.7 Å². The molecule has 1 fully saturated rings. The molecule has 124 valence electrons. The first-order valence-corrected chi connectivity index (χ1v) is 8.33. The predicted molar refractivity (Wildman–Crippen MR) is 85.4 cm³/mol. The summed E-state index contributed by atoms with van der Waals surface area (Å²) in [5.74, 6) is -0.550. The van der Waals surface area contributed by atoms with E-state index in [1.807, 2.05) is 24.3 Å². The molecule has 1 aliphatic heterocycles. The van der Waals surface area contributed by atoms with E-state index in [4.69, 9.17) is 9.47 Å². The maximum absolute atomic E-state index is 12.9. The summed E-state index contributed by atoms with van der Waals surface area (Å²) in [5.41, 5.74) is 1.84. The average Bonchev–Trinajstić information content (AvgIpc) is 2.59. The molecule has 5 nitrogen and oxygen atoms in total.